The van der Waals surface area contributed by atoms with Gasteiger partial charge in [-0.15, -0.1) is 0 Å². The van der Waals surface area contributed by atoms with Gasteiger partial charge in [-0.05, 0) is 41.8 Å². The molecule has 0 fully saturated rings. The lowest BCUT2D eigenvalue weighted by molar-refractivity contribution is -0.137. The molecule has 3 amide bonds. The molecule has 5 nitrogen and oxygen atoms in total. The van der Waals surface area contributed by atoms with E-state index in [-0.39, 0.29) is 13.0 Å². The van der Waals surface area contributed by atoms with E-state index in [1.807, 2.05) is 19.1 Å². The van der Waals surface area contributed by atoms with Crippen molar-refractivity contribution in [2.45, 2.75) is 32.1 Å². The van der Waals surface area contributed by atoms with Crippen LogP contribution in [0.5, 0.6) is 0 Å². The van der Waals surface area contributed by atoms with Crippen molar-refractivity contribution in [3.63, 3.8) is 0 Å². The predicted octanol–water partition coefficient (Wildman–Crippen LogP) is 3.14. The maximum absolute atomic E-state index is 13.0. The van der Waals surface area contributed by atoms with Crippen LogP contribution < -0.4 is 16.0 Å². The van der Waals surface area contributed by atoms with E-state index in [0.29, 0.717) is 11.3 Å². The summed E-state index contributed by atoms with van der Waals surface area (Å²) < 4.78 is 38.9. The molecule has 0 aromatic heterocycles. The van der Waals surface area contributed by atoms with Gasteiger partial charge in [-0.3, -0.25) is 4.79 Å². The third kappa shape index (κ3) is 4.05. The van der Waals surface area contributed by atoms with E-state index in [9.17, 15) is 22.8 Å². The van der Waals surface area contributed by atoms with Gasteiger partial charge in [-0.1, -0.05) is 24.3 Å². The highest BCUT2D eigenvalue weighted by Crippen LogP contribution is 2.33. The second-order valence-corrected chi connectivity index (χ2v) is 6.52. The molecule has 2 aromatic rings. The summed E-state index contributed by atoms with van der Waals surface area (Å²) >= 11 is 0. The van der Waals surface area contributed by atoms with Crippen LogP contribution in [-0.4, -0.2) is 18.0 Å². The van der Waals surface area contributed by atoms with Crippen LogP contribution in [0.2, 0.25) is 0 Å². The fourth-order valence-corrected chi connectivity index (χ4v) is 3.19. The van der Waals surface area contributed by atoms with Crippen molar-refractivity contribution >= 4 is 17.6 Å². The van der Waals surface area contributed by atoms with Gasteiger partial charge in [0.2, 0.25) is 5.91 Å². The lowest BCUT2D eigenvalue weighted by Gasteiger charge is -2.34. The quantitative estimate of drug-likeness (QED) is 0.862. The molecule has 0 bridgehead atoms. The molecule has 0 radical (unpaired) electrons. The largest absolute Gasteiger partial charge is 0.416 e. The minimum atomic E-state index is -4.47. The Morgan fingerprint density at radius 2 is 2.00 bits per heavy atom. The summed E-state index contributed by atoms with van der Waals surface area (Å²) in [6.45, 7) is 1.82. The fourth-order valence-electron chi connectivity index (χ4n) is 3.19. The molecule has 1 heterocycles. The molecule has 1 aliphatic rings. The van der Waals surface area contributed by atoms with Crippen LogP contribution in [0.4, 0.5) is 23.7 Å². The summed E-state index contributed by atoms with van der Waals surface area (Å²) in [6, 6.07) is 8.68. The van der Waals surface area contributed by atoms with Crippen molar-refractivity contribution in [1.82, 2.24) is 5.32 Å². The number of anilines is 1. The smallest absolute Gasteiger partial charge is 0.352 e. The second-order valence-electron chi connectivity index (χ2n) is 6.52. The van der Waals surface area contributed by atoms with Crippen molar-refractivity contribution in [3.8, 4) is 0 Å². The van der Waals surface area contributed by atoms with Gasteiger partial charge in [0.05, 0.1) is 12.1 Å². The Hall–Kier alpha value is -3.03. The topological polar surface area (TPSA) is 75.4 Å². The van der Waals surface area contributed by atoms with E-state index < -0.39 is 29.7 Å². The summed E-state index contributed by atoms with van der Waals surface area (Å²) in [6.07, 6.45) is -4.19. The van der Waals surface area contributed by atoms with E-state index in [1.165, 1.54) is 17.0 Å². The van der Waals surface area contributed by atoms with Crippen LogP contribution in [0.3, 0.4) is 0 Å². The SMILES string of the molecule is Cc1ccc2c(c1)N(Cc1cccc(C(F)(F)F)c1)C(=O)[C@H](NC(N)=O)C2. The Morgan fingerprint density at radius 1 is 1.26 bits per heavy atom. The molecule has 8 heteroatoms. The number of nitrogens with zero attached hydrogens (tertiary/aromatic N) is 1. The summed E-state index contributed by atoms with van der Waals surface area (Å²) in [5.74, 6) is -0.413. The van der Waals surface area contributed by atoms with Crippen molar-refractivity contribution in [1.29, 1.82) is 0 Å². The molecule has 0 saturated carbocycles. The molecular weight excluding hydrogens is 359 g/mol. The maximum Gasteiger partial charge on any atom is 0.416 e. The van der Waals surface area contributed by atoms with Gasteiger partial charge >= 0.3 is 12.2 Å². The summed E-state index contributed by atoms with van der Waals surface area (Å²) in [5, 5.41) is 2.41. The van der Waals surface area contributed by atoms with Crippen LogP contribution in [0.1, 0.15) is 22.3 Å². The van der Waals surface area contributed by atoms with Gasteiger partial charge < -0.3 is 16.0 Å². The van der Waals surface area contributed by atoms with Crippen molar-refractivity contribution in [2.24, 2.45) is 5.73 Å². The first-order valence-corrected chi connectivity index (χ1v) is 8.28. The standard InChI is InChI=1S/C19H18F3N3O2/c1-11-5-6-13-9-15(24-18(23)27)17(26)25(16(13)7-11)10-12-3-2-4-14(8-12)19(20,21)22/h2-8,15H,9-10H2,1H3,(H3,23,24,27)/t15-/m1/s1. The molecule has 0 saturated heterocycles. The monoisotopic (exact) mass is 377 g/mol. The molecule has 3 N–H and O–H groups in total. The molecule has 3 rings (SSSR count). The minimum Gasteiger partial charge on any atom is -0.352 e. The average molecular weight is 377 g/mol. The highest BCUT2D eigenvalue weighted by Gasteiger charge is 2.34. The number of amides is 3. The zero-order valence-corrected chi connectivity index (χ0v) is 14.5. The number of urea groups is 1. The number of alkyl halides is 3. The highest BCUT2D eigenvalue weighted by molar-refractivity contribution is 6.01. The van der Waals surface area contributed by atoms with E-state index in [0.717, 1.165) is 23.3 Å². The van der Waals surface area contributed by atoms with E-state index in [2.05, 4.69) is 5.32 Å². The lowest BCUT2D eigenvalue weighted by Crippen LogP contribution is -2.53. The molecule has 0 spiro atoms. The molecule has 0 aliphatic carbocycles. The van der Waals surface area contributed by atoms with Crippen LogP contribution in [-0.2, 0) is 23.9 Å². The number of carbonyl (C=O) groups is 2. The van der Waals surface area contributed by atoms with Gasteiger partial charge in [0.15, 0.2) is 0 Å². The van der Waals surface area contributed by atoms with Gasteiger partial charge in [0.25, 0.3) is 0 Å². The first-order valence-electron chi connectivity index (χ1n) is 8.28. The molecule has 0 unspecified atom stereocenters. The van der Waals surface area contributed by atoms with E-state index in [4.69, 9.17) is 5.73 Å². The zero-order chi connectivity index (χ0) is 19.8. The normalized spacial score (nSPS) is 16.8. The van der Waals surface area contributed by atoms with Gasteiger partial charge in [-0.25, -0.2) is 4.79 Å². The van der Waals surface area contributed by atoms with Gasteiger partial charge in [0.1, 0.15) is 6.04 Å². The van der Waals surface area contributed by atoms with Crippen LogP contribution in [0, 0.1) is 6.92 Å². The van der Waals surface area contributed by atoms with Gasteiger partial charge in [0, 0.05) is 12.1 Å². The Kier molecular flexibility index (Phi) is 4.82. The number of hydrogen-bond acceptors (Lipinski definition) is 2. The highest BCUT2D eigenvalue weighted by atomic mass is 19.4. The molecule has 27 heavy (non-hydrogen) atoms. The number of carbonyl (C=O) groups excluding carboxylic acids is 2. The molecular formula is C19H18F3N3O2. The first-order chi connectivity index (χ1) is 12.6. The number of fused-ring (bicyclic) bond motifs is 1. The van der Waals surface area contributed by atoms with Crippen molar-refractivity contribution in [3.05, 3.63) is 64.7 Å². The third-order valence-electron chi connectivity index (χ3n) is 4.43. The average Bonchev–Trinajstić information content (AvgIpc) is 2.58. The van der Waals surface area contributed by atoms with Crippen LogP contribution >= 0.6 is 0 Å². The maximum atomic E-state index is 13.0. The number of aryl methyl sites for hydroxylation is 1. The number of benzene rings is 2. The summed E-state index contributed by atoms with van der Waals surface area (Å²) in [7, 11) is 0. The summed E-state index contributed by atoms with van der Waals surface area (Å²) in [4.78, 5) is 25.5. The van der Waals surface area contributed by atoms with E-state index in [1.54, 1.807) is 6.07 Å². The molecule has 1 atom stereocenters. The minimum absolute atomic E-state index is 0.0455. The Morgan fingerprint density at radius 3 is 2.67 bits per heavy atom. The van der Waals surface area contributed by atoms with Crippen LogP contribution in [0.25, 0.3) is 0 Å². The number of halogens is 3. The number of hydrogen-bond donors (Lipinski definition) is 2. The molecule has 142 valence electrons. The molecule has 1 aliphatic heterocycles. The van der Waals surface area contributed by atoms with Gasteiger partial charge in [-0.2, -0.15) is 13.2 Å². The number of primary amides is 1. The number of nitrogens with two attached hydrogens (primary N) is 1. The Bertz CT molecular complexity index is 896. The van der Waals surface area contributed by atoms with E-state index >= 15 is 0 Å². The number of nitrogens with one attached hydrogen (secondary N) is 1. The van der Waals surface area contributed by atoms with Crippen LogP contribution in [0.15, 0.2) is 42.5 Å². The first kappa shape index (κ1) is 18.8. The summed E-state index contributed by atoms with van der Waals surface area (Å²) in [5.41, 5.74) is 7.06. The van der Waals surface area contributed by atoms with Crippen molar-refractivity contribution in [2.75, 3.05) is 4.90 Å². The lowest BCUT2D eigenvalue weighted by atomic mass is 9.95. The Labute approximate surface area is 154 Å². The second kappa shape index (κ2) is 6.94. The zero-order valence-electron chi connectivity index (χ0n) is 14.5. The van der Waals surface area contributed by atoms with Crippen molar-refractivity contribution < 1.29 is 22.8 Å². The predicted molar refractivity (Wildman–Crippen MR) is 94.0 cm³/mol. The Balaban J connectivity index is 1.98. The number of rotatable bonds is 3. The molecule has 2 aromatic carbocycles. The third-order valence-corrected chi connectivity index (χ3v) is 4.43. The fraction of sp³-hybridized carbons (Fsp3) is 0.263.